The van der Waals surface area contributed by atoms with E-state index in [4.69, 9.17) is 0 Å². The van der Waals surface area contributed by atoms with E-state index in [1.165, 1.54) is 29.5 Å². The van der Waals surface area contributed by atoms with E-state index >= 15 is 0 Å². The van der Waals surface area contributed by atoms with Crippen molar-refractivity contribution in [2.24, 2.45) is 0 Å². The summed E-state index contributed by atoms with van der Waals surface area (Å²) >= 11 is 1.23. The molecule has 25 heavy (non-hydrogen) atoms. The maximum atomic E-state index is 13.1. The number of benzene rings is 2. The van der Waals surface area contributed by atoms with E-state index in [0.717, 1.165) is 11.6 Å². The minimum Gasteiger partial charge on any atom is -0.343 e. The first-order chi connectivity index (χ1) is 12.1. The number of rotatable bonds is 5. The van der Waals surface area contributed by atoms with Crippen LogP contribution in [-0.2, 0) is 4.79 Å². The summed E-state index contributed by atoms with van der Waals surface area (Å²) in [6.07, 6.45) is 0. The summed E-state index contributed by atoms with van der Waals surface area (Å²) in [6, 6.07) is 14.7. The molecule has 0 saturated heterocycles. The van der Waals surface area contributed by atoms with Gasteiger partial charge in [-0.1, -0.05) is 47.7 Å². The molecule has 0 spiro atoms. The standard InChI is InChI=1S/C17H13FN4O2S/c18-13-8-4-7-12(9-13)15(24)19-10-14(23)20-17-22-21-16(25-17)11-5-2-1-3-6-11/h1-9H,10H2,(H,19,24)(H,20,22,23). The number of nitrogens with zero attached hydrogens (tertiary/aromatic N) is 2. The van der Waals surface area contributed by atoms with E-state index in [1.807, 2.05) is 30.3 Å². The van der Waals surface area contributed by atoms with Gasteiger partial charge < -0.3 is 5.32 Å². The SMILES string of the molecule is O=C(CNC(=O)c1cccc(F)c1)Nc1nnc(-c2ccccc2)s1. The van der Waals surface area contributed by atoms with Crippen LogP contribution in [0.1, 0.15) is 10.4 Å². The fourth-order valence-corrected chi connectivity index (χ4v) is 2.79. The van der Waals surface area contributed by atoms with Crippen LogP contribution in [0.25, 0.3) is 10.6 Å². The number of amides is 2. The van der Waals surface area contributed by atoms with Gasteiger partial charge in [0.15, 0.2) is 0 Å². The molecule has 0 unspecified atom stereocenters. The number of nitrogens with one attached hydrogen (secondary N) is 2. The Labute approximate surface area is 146 Å². The van der Waals surface area contributed by atoms with Crippen molar-refractivity contribution in [3.05, 3.63) is 66.0 Å². The van der Waals surface area contributed by atoms with Crippen molar-refractivity contribution in [3.8, 4) is 10.6 Å². The van der Waals surface area contributed by atoms with Gasteiger partial charge in [0, 0.05) is 11.1 Å². The Hall–Kier alpha value is -3.13. The van der Waals surface area contributed by atoms with Crippen LogP contribution in [0.3, 0.4) is 0 Å². The van der Waals surface area contributed by atoms with Crippen molar-refractivity contribution in [1.29, 1.82) is 0 Å². The van der Waals surface area contributed by atoms with Crippen LogP contribution in [0.5, 0.6) is 0 Å². The van der Waals surface area contributed by atoms with Gasteiger partial charge in [0.1, 0.15) is 10.8 Å². The highest BCUT2D eigenvalue weighted by Gasteiger charge is 2.12. The average Bonchev–Trinajstić information content (AvgIpc) is 3.09. The highest BCUT2D eigenvalue weighted by atomic mass is 32.1. The fraction of sp³-hybridized carbons (Fsp3) is 0.0588. The third kappa shape index (κ3) is 4.45. The second kappa shape index (κ2) is 7.63. The molecule has 1 heterocycles. The van der Waals surface area contributed by atoms with E-state index in [1.54, 1.807) is 0 Å². The zero-order valence-corrected chi connectivity index (χ0v) is 13.7. The zero-order valence-electron chi connectivity index (χ0n) is 12.9. The number of hydrogen-bond donors (Lipinski definition) is 2. The van der Waals surface area contributed by atoms with Crippen LogP contribution >= 0.6 is 11.3 Å². The largest absolute Gasteiger partial charge is 0.343 e. The number of aromatic nitrogens is 2. The minimum absolute atomic E-state index is 0.148. The molecular formula is C17H13FN4O2S. The summed E-state index contributed by atoms with van der Waals surface area (Å²) in [5.41, 5.74) is 1.05. The Morgan fingerprint density at radius 2 is 1.84 bits per heavy atom. The number of hydrogen-bond acceptors (Lipinski definition) is 5. The molecule has 0 bridgehead atoms. The van der Waals surface area contributed by atoms with Crippen molar-refractivity contribution < 1.29 is 14.0 Å². The molecule has 8 heteroatoms. The first-order valence-electron chi connectivity index (χ1n) is 7.34. The maximum absolute atomic E-state index is 13.1. The highest BCUT2D eigenvalue weighted by molar-refractivity contribution is 7.18. The molecule has 0 fully saturated rings. The Morgan fingerprint density at radius 1 is 1.04 bits per heavy atom. The summed E-state index contributed by atoms with van der Waals surface area (Å²) in [4.78, 5) is 23.8. The Kier molecular flexibility index (Phi) is 5.10. The molecule has 6 nitrogen and oxygen atoms in total. The van der Waals surface area contributed by atoms with Crippen LogP contribution in [0.4, 0.5) is 9.52 Å². The molecule has 2 aromatic carbocycles. The van der Waals surface area contributed by atoms with Gasteiger partial charge in [-0.15, -0.1) is 10.2 Å². The van der Waals surface area contributed by atoms with Crippen molar-refractivity contribution in [3.63, 3.8) is 0 Å². The second-order valence-electron chi connectivity index (χ2n) is 5.02. The predicted molar refractivity (Wildman–Crippen MR) is 92.7 cm³/mol. The summed E-state index contributed by atoms with van der Waals surface area (Å²) in [5.74, 6) is -1.49. The summed E-state index contributed by atoms with van der Waals surface area (Å²) in [5, 5.41) is 13.9. The lowest BCUT2D eigenvalue weighted by molar-refractivity contribution is -0.115. The van der Waals surface area contributed by atoms with Crippen LogP contribution in [0, 0.1) is 5.82 Å². The Morgan fingerprint density at radius 3 is 2.60 bits per heavy atom. The fourth-order valence-electron chi connectivity index (χ4n) is 2.03. The van der Waals surface area contributed by atoms with Crippen LogP contribution in [-0.4, -0.2) is 28.6 Å². The molecule has 0 saturated carbocycles. The summed E-state index contributed by atoms with van der Waals surface area (Å²) < 4.78 is 13.1. The molecule has 0 aliphatic rings. The monoisotopic (exact) mass is 356 g/mol. The number of carbonyl (C=O) groups excluding carboxylic acids is 2. The minimum atomic E-state index is -0.531. The number of carbonyl (C=O) groups is 2. The van der Waals surface area contributed by atoms with Gasteiger partial charge in [-0.25, -0.2) is 4.39 Å². The van der Waals surface area contributed by atoms with E-state index in [9.17, 15) is 14.0 Å². The van der Waals surface area contributed by atoms with Crippen LogP contribution in [0.2, 0.25) is 0 Å². The lowest BCUT2D eigenvalue weighted by atomic mass is 10.2. The Bertz CT molecular complexity index is 898. The molecule has 1 aromatic heterocycles. The first kappa shape index (κ1) is 16.7. The van der Waals surface area contributed by atoms with Crippen molar-refractivity contribution in [2.45, 2.75) is 0 Å². The van der Waals surface area contributed by atoms with Crippen molar-refractivity contribution >= 4 is 28.3 Å². The van der Waals surface area contributed by atoms with Gasteiger partial charge >= 0.3 is 0 Å². The average molecular weight is 356 g/mol. The molecule has 0 aliphatic heterocycles. The summed E-state index contributed by atoms with van der Waals surface area (Å²) in [6.45, 7) is -0.254. The van der Waals surface area contributed by atoms with E-state index < -0.39 is 17.6 Å². The molecule has 0 atom stereocenters. The van der Waals surface area contributed by atoms with Gasteiger partial charge in [-0.05, 0) is 18.2 Å². The lowest BCUT2D eigenvalue weighted by Gasteiger charge is -2.04. The zero-order chi connectivity index (χ0) is 17.6. The van der Waals surface area contributed by atoms with Crippen LogP contribution < -0.4 is 10.6 Å². The quantitative estimate of drug-likeness (QED) is 0.736. The molecule has 2 N–H and O–H groups in total. The third-order valence-corrected chi connectivity index (χ3v) is 4.08. The maximum Gasteiger partial charge on any atom is 0.251 e. The molecule has 2 amide bonds. The van der Waals surface area contributed by atoms with Gasteiger partial charge in [0.05, 0.1) is 6.54 Å². The van der Waals surface area contributed by atoms with Gasteiger partial charge in [-0.3, -0.25) is 14.9 Å². The van der Waals surface area contributed by atoms with Crippen molar-refractivity contribution in [2.75, 3.05) is 11.9 Å². The molecule has 3 aromatic rings. The Balaban J connectivity index is 1.55. The molecular weight excluding hydrogens is 343 g/mol. The van der Waals surface area contributed by atoms with E-state index in [0.29, 0.717) is 10.1 Å². The molecule has 126 valence electrons. The van der Waals surface area contributed by atoms with E-state index in [2.05, 4.69) is 20.8 Å². The predicted octanol–water partition coefficient (Wildman–Crippen LogP) is 2.71. The number of halogens is 1. The van der Waals surface area contributed by atoms with Crippen molar-refractivity contribution in [1.82, 2.24) is 15.5 Å². The smallest absolute Gasteiger partial charge is 0.251 e. The normalized spacial score (nSPS) is 10.3. The number of anilines is 1. The van der Waals surface area contributed by atoms with Gasteiger partial charge in [-0.2, -0.15) is 0 Å². The van der Waals surface area contributed by atoms with Gasteiger partial charge in [0.2, 0.25) is 11.0 Å². The first-order valence-corrected chi connectivity index (χ1v) is 8.16. The molecule has 0 aliphatic carbocycles. The lowest BCUT2D eigenvalue weighted by Crippen LogP contribution is -2.32. The summed E-state index contributed by atoms with van der Waals surface area (Å²) in [7, 11) is 0. The van der Waals surface area contributed by atoms with E-state index in [-0.39, 0.29) is 12.1 Å². The van der Waals surface area contributed by atoms with Gasteiger partial charge in [0.25, 0.3) is 5.91 Å². The van der Waals surface area contributed by atoms with Crippen LogP contribution in [0.15, 0.2) is 54.6 Å². The second-order valence-corrected chi connectivity index (χ2v) is 6.00. The topological polar surface area (TPSA) is 84.0 Å². The molecule has 0 radical (unpaired) electrons. The third-order valence-electron chi connectivity index (χ3n) is 3.19. The molecule has 3 rings (SSSR count). The highest BCUT2D eigenvalue weighted by Crippen LogP contribution is 2.25.